The third-order valence-corrected chi connectivity index (χ3v) is 7.59. The second-order valence-electron chi connectivity index (χ2n) is 10.1. The summed E-state index contributed by atoms with van der Waals surface area (Å²) in [7, 11) is 0. The predicted octanol–water partition coefficient (Wildman–Crippen LogP) is 5.59. The number of carbonyl (C=O) groups is 1. The number of fused-ring (bicyclic) bond motifs is 1. The molecule has 1 amide bonds. The first kappa shape index (κ1) is 24.2. The van der Waals surface area contributed by atoms with Crippen LogP contribution >= 0.6 is 0 Å². The summed E-state index contributed by atoms with van der Waals surface area (Å²) in [4.78, 5) is 15.0. The molecule has 1 aliphatic carbocycles. The molecule has 0 atom stereocenters. The molecule has 33 heavy (non-hydrogen) atoms. The average molecular weight is 451 g/mol. The second kappa shape index (κ2) is 13.1. The lowest BCUT2D eigenvalue weighted by Gasteiger charge is -2.32. The maximum absolute atomic E-state index is 12.9. The number of nitrogens with one attached hydrogen (secondary N) is 1. The van der Waals surface area contributed by atoms with Crippen LogP contribution in [0.2, 0.25) is 0 Å². The number of likely N-dealkylation sites (tertiary alicyclic amines) is 1. The smallest absolute Gasteiger partial charge is 0.227 e. The summed E-state index contributed by atoms with van der Waals surface area (Å²) in [5.74, 6) is 1.78. The van der Waals surface area contributed by atoms with Crippen LogP contribution in [0.3, 0.4) is 0 Å². The summed E-state index contributed by atoms with van der Waals surface area (Å²) in [5.41, 5.74) is 1.14. The summed E-state index contributed by atoms with van der Waals surface area (Å²) in [6, 6.07) is 14.6. The molecule has 4 rings (SSSR count). The molecule has 1 heterocycles. The van der Waals surface area contributed by atoms with Crippen molar-refractivity contribution in [3.05, 3.63) is 48.0 Å². The SMILES string of the molecule is O=C(Cc1cccc2ccccc12)N1CCC(CNCCCCOCC2CCCCC2)CC1. The van der Waals surface area contributed by atoms with Crippen LogP contribution in [0.25, 0.3) is 10.8 Å². The van der Waals surface area contributed by atoms with E-state index in [0.717, 1.165) is 70.1 Å². The minimum atomic E-state index is 0.269. The van der Waals surface area contributed by atoms with Crippen molar-refractivity contribution in [2.45, 2.75) is 64.2 Å². The van der Waals surface area contributed by atoms with Crippen molar-refractivity contribution in [1.29, 1.82) is 0 Å². The van der Waals surface area contributed by atoms with Gasteiger partial charge in [0.05, 0.1) is 6.42 Å². The average Bonchev–Trinajstić information content (AvgIpc) is 2.87. The molecule has 0 bridgehead atoms. The van der Waals surface area contributed by atoms with Gasteiger partial charge in [0.25, 0.3) is 0 Å². The Labute approximate surface area is 200 Å². The number of piperidine rings is 1. The Morgan fingerprint density at radius 3 is 2.55 bits per heavy atom. The van der Waals surface area contributed by atoms with Gasteiger partial charge in [-0.15, -0.1) is 0 Å². The fraction of sp³-hybridized carbons (Fsp3) is 0.621. The van der Waals surface area contributed by atoms with Gasteiger partial charge in [-0.05, 0) is 79.8 Å². The predicted molar refractivity (Wildman–Crippen MR) is 136 cm³/mol. The van der Waals surface area contributed by atoms with E-state index in [0.29, 0.717) is 12.3 Å². The van der Waals surface area contributed by atoms with Crippen LogP contribution in [-0.2, 0) is 16.0 Å². The highest BCUT2D eigenvalue weighted by Gasteiger charge is 2.23. The summed E-state index contributed by atoms with van der Waals surface area (Å²) in [5, 5.41) is 6.05. The van der Waals surface area contributed by atoms with Crippen molar-refractivity contribution in [3.8, 4) is 0 Å². The number of hydrogen-bond acceptors (Lipinski definition) is 3. The zero-order valence-corrected chi connectivity index (χ0v) is 20.3. The Morgan fingerprint density at radius 1 is 0.909 bits per heavy atom. The van der Waals surface area contributed by atoms with Gasteiger partial charge in [0.1, 0.15) is 0 Å². The van der Waals surface area contributed by atoms with Crippen LogP contribution in [0.15, 0.2) is 42.5 Å². The number of nitrogens with zero attached hydrogens (tertiary/aromatic N) is 1. The number of unbranched alkanes of at least 4 members (excludes halogenated alkanes) is 1. The molecular weight excluding hydrogens is 408 g/mol. The van der Waals surface area contributed by atoms with Crippen molar-refractivity contribution >= 4 is 16.7 Å². The lowest BCUT2D eigenvalue weighted by atomic mass is 9.90. The first-order chi connectivity index (χ1) is 16.3. The lowest BCUT2D eigenvalue weighted by Crippen LogP contribution is -2.41. The number of hydrogen-bond donors (Lipinski definition) is 1. The quantitative estimate of drug-likeness (QED) is 0.454. The molecule has 0 unspecified atom stereocenters. The zero-order chi connectivity index (χ0) is 22.7. The first-order valence-electron chi connectivity index (χ1n) is 13.3. The van der Waals surface area contributed by atoms with E-state index < -0.39 is 0 Å². The van der Waals surface area contributed by atoms with Crippen LogP contribution in [-0.4, -0.2) is 50.2 Å². The van der Waals surface area contributed by atoms with Gasteiger partial charge < -0.3 is 15.0 Å². The van der Waals surface area contributed by atoms with Crippen LogP contribution in [0.5, 0.6) is 0 Å². The first-order valence-corrected chi connectivity index (χ1v) is 13.3. The molecule has 0 aromatic heterocycles. The standard InChI is InChI=1S/C29H42N2O2/c32-29(21-27-13-8-12-26-11-4-5-14-28(26)27)31-18-15-24(16-19-31)22-30-17-6-7-20-33-23-25-9-2-1-3-10-25/h4-5,8,11-14,24-25,30H,1-3,6-7,9-10,15-23H2. The number of benzene rings is 2. The minimum absolute atomic E-state index is 0.269. The molecule has 180 valence electrons. The van der Waals surface area contributed by atoms with Gasteiger partial charge in [-0.2, -0.15) is 0 Å². The Hall–Kier alpha value is -1.91. The van der Waals surface area contributed by atoms with Crippen molar-refractivity contribution in [1.82, 2.24) is 10.2 Å². The topological polar surface area (TPSA) is 41.6 Å². The number of rotatable bonds is 11. The Bertz CT molecular complexity index is 848. The molecule has 1 aliphatic heterocycles. The fourth-order valence-corrected chi connectivity index (χ4v) is 5.47. The molecule has 0 spiro atoms. The van der Waals surface area contributed by atoms with E-state index in [2.05, 4.69) is 52.7 Å². The third kappa shape index (κ3) is 7.55. The molecule has 2 aromatic rings. The third-order valence-electron chi connectivity index (χ3n) is 7.59. The maximum Gasteiger partial charge on any atom is 0.227 e. The van der Waals surface area contributed by atoms with Crippen molar-refractivity contribution < 1.29 is 9.53 Å². The summed E-state index contributed by atoms with van der Waals surface area (Å²) >= 11 is 0. The van der Waals surface area contributed by atoms with Crippen molar-refractivity contribution in [3.63, 3.8) is 0 Å². The van der Waals surface area contributed by atoms with E-state index >= 15 is 0 Å². The zero-order valence-electron chi connectivity index (χ0n) is 20.3. The summed E-state index contributed by atoms with van der Waals surface area (Å²) in [6.07, 6.45) is 12.0. The van der Waals surface area contributed by atoms with Gasteiger partial charge in [-0.25, -0.2) is 0 Å². The Balaban J connectivity index is 1.06. The largest absolute Gasteiger partial charge is 0.381 e. The Kier molecular flexibility index (Phi) is 9.61. The van der Waals surface area contributed by atoms with Crippen LogP contribution < -0.4 is 5.32 Å². The van der Waals surface area contributed by atoms with Gasteiger partial charge in [0, 0.05) is 26.3 Å². The number of ether oxygens (including phenoxy) is 1. The van der Waals surface area contributed by atoms with E-state index in [-0.39, 0.29) is 5.91 Å². The van der Waals surface area contributed by atoms with E-state index in [4.69, 9.17) is 4.74 Å². The summed E-state index contributed by atoms with van der Waals surface area (Å²) in [6.45, 7) is 5.83. The number of carbonyl (C=O) groups excluding carboxylic acids is 1. The van der Waals surface area contributed by atoms with Gasteiger partial charge in [0.2, 0.25) is 5.91 Å². The molecule has 4 heteroatoms. The molecule has 2 aliphatic rings. The minimum Gasteiger partial charge on any atom is -0.381 e. The lowest BCUT2D eigenvalue weighted by molar-refractivity contribution is -0.131. The molecule has 1 N–H and O–H groups in total. The van der Waals surface area contributed by atoms with E-state index in [1.165, 1.54) is 49.3 Å². The monoisotopic (exact) mass is 450 g/mol. The molecule has 2 aromatic carbocycles. The molecule has 1 saturated carbocycles. The highest BCUT2D eigenvalue weighted by atomic mass is 16.5. The van der Waals surface area contributed by atoms with Gasteiger partial charge in [-0.3, -0.25) is 4.79 Å². The molecular formula is C29H42N2O2. The normalized spacial score (nSPS) is 18.1. The van der Waals surface area contributed by atoms with Crippen LogP contribution in [0.1, 0.15) is 63.4 Å². The fourth-order valence-electron chi connectivity index (χ4n) is 5.47. The van der Waals surface area contributed by atoms with Gasteiger partial charge in [0.15, 0.2) is 0 Å². The Morgan fingerprint density at radius 2 is 1.70 bits per heavy atom. The summed E-state index contributed by atoms with van der Waals surface area (Å²) < 4.78 is 5.90. The highest BCUT2D eigenvalue weighted by molar-refractivity contribution is 5.90. The van der Waals surface area contributed by atoms with Crippen molar-refractivity contribution in [2.75, 3.05) is 39.4 Å². The molecule has 0 radical (unpaired) electrons. The molecule has 4 nitrogen and oxygen atoms in total. The molecule has 2 fully saturated rings. The highest BCUT2D eigenvalue weighted by Crippen LogP contribution is 2.24. The van der Waals surface area contributed by atoms with E-state index in [1.54, 1.807) is 0 Å². The van der Waals surface area contributed by atoms with E-state index in [1.807, 2.05) is 0 Å². The van der Waals surface area contributed by atoms with Crippen LogP contribution in [0, 0.1) is 11.8 Å². The maximum atomic E-state index is 12.9. The second-order valence-corrected chi connectivity index (χ2v) is 10.1. The van der Waals surface area contributed by atoms with Crippen LogP contribution in [0.4, 0.5) is 0 Å². The van der Waals surface area contributed by atoms with E-state index in [9.17, 15) is 4.79 Å². The number of amides is 1. The van der Waals surface area contributed by atoms with Crippen molar-refractivity contribution in [2.24, 2.45) is 11.8 Å². The molecule has 1 saturated heterocycles. The van der Waals surface area contributed by atoms with Gasteiger partial charge in [-0.1, -0.05) is 61.7 Å². The van der Waals surface area contributed by atoms with Gasteiger partial charge >= 0.3 is 0 Å².